The average molecular weight is 244 g/mol. The Balaban J connectivity index is 1.90. The molecule has 1 fully saturated rings. The molecular weight excluding hydrogens is 220 g/mol. The standard InChI is InChI=1S/C16H24N2/c1-11-9-15(12(2)17-11)13-6-7-16-14(10-13)5-4-8-18(16)3/h6-7,10-12,15,17H,4-5,8-9H2,1-3H3. The molecule has 0 aliphatic carbocycles. The van der Waals surface area contributed by atoms with E-state index in [1.165, 1.54) is 37.1 Å². The number of aryl methyl sites for hydroxylation is 1. The molecular formula is C16H24N2. The van der Waals surface area contributed by atoms with Gasteiger partial charge in [-0.1, -0.05) is 12.1 Å². The first-order chi connectivity index (χ1) is 8.65. The zero-order valence-corrected chi connectivity index (χ0v) is 11.7. The third-order valence-electron chi connectivity index (χ3n) is 4.64. The van der Waals surface area contributed by atoms with E-state index in [2.05, 4.69) is 49.3 Å². The van der Waals surface area contributed by atoms with Crippen molar-refractivity contribution in [3.8, 4) is 0 Å². The maximum absolute atomic E-state index is 3.64. The van der Waals surface area contributed by atoms with Crippen molar-refractivity contribution in [3.63, 3.8) is 0 Å². The number of hydrogen-bond acceptors (Lipinski definition) is 2. The van der Waals surface area contributed by atoms with Gasteiger partial charge in [0.05, 0.1) is 0 Å². The van der Waals surface area contributed by atoms with E-state index in [-0.39, 0.29) is 0 Å². The highest BCUT2D eigenvalue weighted by atomic mass is 15.1. The SMILES string of the molecule is CC1CC(c2ccc3c(c2)CCCN3C)C(C)N1. The molecule has 1 saturated heterocycles. The molecule has 2 aliphatic rings. The molecule has 0 bridgehead atoms. The minimum atomic E-state index is 0.611. The van der Waals surface area contributed by atoms with Gasteiger partial charge < -0.3 is 10.2 Å². The average Bonchev–Trinajstić information content (AvgIpc) is 2.68. The predicted molar refractivity (Wildman–Crippen MR) is 77.5 cm³/mol. The Hall–Kier alpha value is -1.02. The lowest BCUT2D eigenvalue weighted by Crippen LogP contribution is -2.27. The fourth-order valence-corrected chi connectivity index (χ4v) is 3.68. The van der Waals surface area contributed by atoms with Crippen LogP contribution < -0.4 is 10.2 Å². The summed E-state index contributed by atoms with van der Waals surface area (Å²) >= 11 is 0. The summed E-state index contributed by atoms with van der Waals surface area (Å²) in [7, 11) is 2.21. The van der Waals surface area contributed by atoms with Gasteiger partial charge in [-0.15, -0.1) is 0 Å². The second-order valence-corrected chi connectivity index (χ2v) is 6.11. The highest BCUT2D eigenvalue weighted by molar-refractivity contribution is 5.56. The third-order valence-corrected chi connectivity index (χ3v) is 4.64. The van der Waals surface area contributed by atoms with Gasteiger partial charge in [-0.05, 0) is 50.3 Å². The molecule has 1 aromatic carbocycles. The van der Waals surface area contributed by atoms with E-state index in [9.17, 15) is 0 Å². The van der Waals surface area contributed by atoms with Crippen LogP contribution in [-0.4, -0.2) is 25.7 Å². The van der Waals surface area contributed by atoms with Crippen molar-refractivity contribution in [2.75, 3.05) is 18.5 Å². The van der Waals surface area contributed by atoms with E-state index in [0.29, 0.717) is 18.0 Å². The molecule has 1 aromatic rings. The Morgan fingerprint density at radius 1 is 1.28 bits per heavy atom. The fourth-order valence-electron chi connectivity index (χ4n) is 3.68. The summed E-state index contributed by atoms with van der Waals surface area (Å²) in [4.78, 5) is 2.39. The summed E-state index contributed by atoms with van der Waals surface area (Å²) in [5.74, 6) is 0.692. The molecule has 3 atom stereocenters. The summed E-state index contributed by atoms with van der Waals surface area (Å²) in [6.07, 6.45) is 3.81. The molecule has 2 nitrogen and oxygen atoms in total. The van der Waals surface area contributed by atoms with Gasteiger partial charge in [0, 0.05) is 37.3 Å². The second-order valence-electron chi connectivity index (χ2n) is 6.11. The lowest BCUT2D eigenvalue weighted by Gasteiger charge is -2.28. The van der Waals surface area contributed by atoms with Crippen molar-refractivity contribution in [1.29, 1.82) is 0 Å². The number of nitrogens with one attached hydrogen (secondary N) is 1. The van der Waals surface area contributed by atoms with Crippen molar-refractivity contribution in [1.82, 2.24) is 5.32 Å². The van der Waals surface area contributed by atoms with Gasteiger partial charge in [0.15, 0.2) is 0 Å². The maximum atomic E-state index is 3.64. The molecule has 3 rings (SSSR count). The first-order valence-electron chi connectivity index (χ1n) is 7.25. The van der Waals surface area contributed by atoms with Crippen LogP contribution >= 0.6 is 0 Å². The zero-order valence-electron chi connectivity index (χ0n) is 11.7. The van der Waals surface area contributed by atoms with Gasteiger partial charge in [0.2, 0.25) is 0 Å². The summed E-state index contributed by atoms with van der Waals surface area (Å²) in [6.45, 7) is 5.81. The van der Waals surface area contributed by atoms with E-state index < -0.39 is 0 Å². The molecule has 0 aromatic heterocycles. The molecule has 2 aliphatic heterocycles. The van der Waals surface area contributed by atoms with Gasteiger partial charge in [0.25, 0.3) is 0 Å². The Labute approximate surface area is 110 Å². The molecule has 0 amide bonds. The fraction of sp³-hybridized carbons (Fsp3) is 0.625. The van der Waals surface area contributed by atoms with E-state index >= 15 is 0 Å². The Morgan fingerprint density at radius 2 is 2.11 bits per heavy atom. The van der Waals surface area contributed by atoms with Gasteiger partial charge in [-0.25, -0.2) is 0 Å². The summed E-state index contributed by atoms with van der Waals surface area (Å²) in [5.41, 5.74) is 4.53. The molecule has 2 heteroatoms. The van der Waals surface area contributed by atoms with E-state index in [1.807, 2.05) is 0 Å². The molecule has 0 radical (unpaired) electrons. The van der Waals surface area contributed by atoms with Crippen LogP contribution in [0, 0.1) is 0 Å². The maximum Gasteiger partial charge on any atom is 0.0396 e. The van der Waals surface area contributed by atoms with Crippen LogP contribution in [0.25, 0.3) is 0 Å². The summed E-state index contributed by atoms with van der Waals surface area (Å²) in [5, 5.41) is 3.64. The normalized spacial score (nSPS) is 31.5. The highest BCUT2D eigenvalue weighted by Gasteiger charge is 2.29. The van der Waals surface area contributed by atoms with Crippen molar-refractivity contribution in [2.24, 2.45) is 0 Å². The van der Waals surface area contributed by atoms with E-state index in [1.54, 1.807) is 5.56 Å². The summed E-state index contributed by atoms with van der Waals surface area (Å²) in [6, 6.07) is 8.41. The lowest BCUT2D eigenvalue weighted by molar-refractivity contribution is 0.574. The highest BCUT2D eigenvalue weighted by Crippen LogP contribution is 2.34. The number of anilines is 1. The quantitative estimate of drug-likeness (QED) is 0.817. The number of nitrogens with zero attached hydrogens (tertiary/aromatic N) is 1. The molecule has 18 heavy (non-hydrogen) atoms. The van der Waals surface area contributed by atoms with E-state index in [4.69, 9.17) is 0 Å². The predicted octanol–water partition coefficient (Wildman–Crippen LogP) is 2.92. The minimum absolute atomic E-state index is 0.611. The Kier molecular flexibility index (Phi) is 3.06. The van der Waals surface area contributed by atoms with Gasteiger partial charge in [-0.3, -0.25) is 0 Å². The van der Waals surface area contributed by atoms with Crippen LogP contribution in [0.3, 0.4) is 0 Å². The molecule has 0 spiro atoms. The smallest absolute Gasteiger partial charge is 0.0396 e. The van der Waals surface area contributed by atoms with Crippen LogP contribution in [-0.2, 0) is 6.42 Å². The van der Waals surface area contributed by atoms with E-state index in [0.717, 1.165) is 0 Å². The number of benzene rings is 1. The molecule has 1 N–H and O–H groups in total. The monoisotopic (exact) mass is 244 g/mol. The van der Waals surface area contributed by atoms with Crippen LogP contribution in [0.1, 0.15) is 43.7 Å². The van der Waals surface area contributed by atoms with Gasteiger partial charge in [0.1, 0.15) is 0 Å². The van der Waals surface area contributed by atoms with Crippen LogP contribution in [0.5, 0.6) is 0 Å². The first-order valence-corrected chi connectivity index (χ1v) is 7.25. The first kappa shape index (κ1) is 12.0. The van der Waals surface area contributed by atoms with Crippen LogP contribution in [0.15, 0.2) is 18.2 Å². The third kappa shape index (κ3) is 2.03. The summed E-state index contributed by atoms with van der Waals surface area (Å²) < 4.78 is 0. The number of rotatable bonds is 1. The van der Waals surface area contributed by atoms with Crippen LogP contribution in [0.2, 0.25) is 0 Å². The number of fused-ring (bicyclic) bond motifs is 1. The molecule has 3 unspecified atom stereocenters. The van der Waals surface area contributed by atoms with Gasteiger partial charge in [-0.2, -0.15) is 0 Å². The van der Waals surface area contributed by atoms with Crippen molar-refractivity contribution in [3.05, 3.63) is 29.3 Å². The topological polar surface area (TPSA) is 15.3 Å². The lowest BCUT2D eigenvalue weighted by atomic mass is 9.88. The Bertz CT molecular complexity index is 441. The molecule has 98 valence electrons. The van der Waals surface area contributed by atoms with Crippen molar-refractivity contribution in [2.45, 2.75) is 51.1 Å². The zero-order chi connectivity index (χ0) is 12.7. The van der Waals surface area contributed by atoms with Crippen molar-refractivity contribution >= 4 is 5.69 Å². The van der Waals surface area contributed by atoms with Crippen molar-refractivity contribution < 1.29 is 0 Å². The second kappa shape index (κ2) is 4.58. The van der Waals surface area contributed by atoms with Gasteiger partial charge >= 0.3 is 0 Å². The minimum Gasteiger partial charge on any atom is -0.374 e. The molecule has 0 saturated carbocycles. The van der Waals surface area contributed by atoms with Crippen LogP contribution in [0.4, 0.5) is 5.69 Å². The molecule has 2 heterocycles. The Morgan fingerprint density at radius 3 is 2.83 bits per heavy atom. The largest absolute Gasteiger partial charge is 0.374 e. The number of hydrogen-bond donors (Lipinski definition) is 1.